The van der Waals surface area contributed by atoms with Gasteiger partial charge in [-0.2, -0.15) is 0 Å². The van der Waals surface area contributed by atoms with Crippen LogP contribution in [0.3, 0.4) is 0 Å². The number of piperidine rings is 1. The van der Waals surface area contributed by atoms with Crippen LogP contribution in [0.1, 0.15) is 19.3 Å². The fraction of sp³-hybridized carbons (Fsp3) is 0.467. The van der Waals surface area contributed by atoms with Crippen molar-refractivity contribution in [1.29, 1.82) is 0 Å². The molecule has 3 rings (SSSR count). The molecule has 1 atom stereocenters. The van der Waals surface area contributed by atoms with Gasteiger partial charge in [0.15, 0.2) is 0 Å². The molecular formula is C15H20ClN5O2. The normalized spacial score (nSPS) is 17.8. The summed E-state index contributed by atoms with van der Waals surface area (Å²) in [6.07, 6.45) is 2.13. The number of carbonyl (C=O) groups excluding carboxylic acids is 1. The van der Waals surface area contributed by atoms with Crippen LogP contribution in [-0.4, -0.2) is 44.9 Å². The lowest BCUT2D eigenvalue weighted by atomic mass is 10.1. The van der Waals surface area contributed by atoms with Crippen LogP contribution in [0.15, 0.2) is 29.1 Å². The third-order valence-electron chi connectivity index (χ3n) is 3.98. The quantitative estimate of drug-likeness (QED) is 0.882. The summed E-state index contributed by atoms with van der Waals surface area (Å²) in [6, 6.07) is 7.11. The molecule has 0 saturated carbocycles. The summed E-state index contributed by atoms with van der Waals surface area (Å²) in [5.41, 5.74) is 6.24. The Morgan fingerprint density at radius 3 is 2.91 bits per heavy atom. The number of carbonyl (C=O) groups is 1. The third kappa shape index (κ3) is 3.86. The Morgan fingerprint density at radius 2 is 2.13 bits per heavy atom. The molecule has 8 heteroatoms. The second-order valence-electron chi connectivity index (χ2n) is 5.63. The van der Waals surface area contributed by atoms with Gasteiger partial charge in [-0.1, -0.05) is 17.3 Å². The van der Waals surface area contributed by atoms with Crippen LogP contribution >= 0.6 is 12.4 Å². The van der Waals surface area contributed by atoms with E-state index in [1.54, 1.807) is 23.1 Å². The molecule has 2 aromatic rings. The molecule has 1 aromatic carbocycles. The maximum absolute atomic E-state index is 12.3. The number of nitrogens with zero attached hydrogens (tertiary/aromatic N) is 4. The molecule has 0 bridgehead atoms. The zero-order valence-electron chi connectivity index (χ0n) is 12.7. The van der Waals surface area contributed by atoms with Gasteiger partial charge in [-0.15, -0.1) is 17.5 Å². The summed E-state index contributed by atoms with van der Waals surface area (Å²) in [6.45, 7) is 1.57. The standard InChI is InChI=1S/C15H19N5O2.ClH/c16-11-4-3-8-19(10-11)14(21)7-9-20-15(22)12-5-1-2-6-13(12)17-18-20;/h1-2,5-6,11H,3-4,7-10,16H2;1H. The minimum Gasteiger partial charge on any atom is -0.341 e. The topological polar surface area (TPSA) is 94.1 Å². The van der Waals surface area contributed by atoms with Gasteiger partial charge >= 0.3 is 0 Å². The van der Waals surface area contributed by atoms with E-state index in [9.17, 15) is 9.59 Å². The van der Waals surface area contributed by atoms with Crippen LogP contribution < -0.4 is 11.3 Å². The summed E-state index contributed by atoms with van der Waals surface area (Å²) in [4.78, 5) is 26.3. The average molecular weight is 338 g/mol. The van der Waals surface area contributed by atoms with Gasteiger partial charge in [-0.3, -0.25) is 9.59 Å². The molecule has 2 heterocycles. The maximum atomic E-state index is 12.3. The van der Waals surface area contributed by atoms with Crippen molar-refractivity contribution in [2.75, 3.05) is 13.1 Å². The van der Waals surface area contributed by atoms with Crippen molar-refractivity contribution in [3.05, 3.63) is 34.6 Å². The van der Waals surface area contributed by atoms with Gasteiger partial charge in [0.05, 0.1) is 11.9 Å². The number of fused-ring (bicyclic) bond motifs is 1. The van der Waals surface area contributed by atoms with Crippen LogP contribution in [0.5, 0.6) is 0 Å². The van der Waals surface area contributed by atoms with Gasteiger partial charge in [-0.05, 0) is 25.0 Å². The van der Waals surface area contributed by atoms with Crippen molar-refractivity contribution in [3.8, 4) is 0 Å². The highest BCUT2D eigenvalue weighted by Crippen LogP contribution is 2.10. The number of hydrogen-bond donors (Lipinski definition) is 1. The maximum Gasteiger partial charge on any atom is 0.277 e. The molecule has 23 heavy (non-hydrogen) atoms. The van der Waals surface area contributed by atoms with Crippen LogP contribution in [0.4, 0.5) is 0 Å². The molecule has 1 amide bonds. The van der Waals surface area contributed by atoms with Crippen LogP contribution in [0.2, 0.25) is 0 Å². The van der Waals surface area contributed by atoms with Gasteiger partial charge in [0.2, 0.25) is 5.91 Å². The van der Waals surface area contributed by atoms with E-state index in [4.69, 9.17) is 5.73 Å². The molecule has 1 fully saturated rings. The second-order valence-corrected chi connectivity index (χ2v) is 5.63. The predicted molar refractivity (Wildman–Crippen MR) is 89.5 cm³/mol. The number of amides is 1. The van der Waals surface area contributed by atoms with Gasteiger partial charge in [0.25, 0.3) is 5.56 Å². The first kappa shape index (κ1) is 17.4. The SMILES string of the molecule is Cl.NC1CCCN(C(=O)CCn2nnc3ccccc3c2=O)C1. The van der Waals surface area contributed by atoms with Gasteiger partial charge in [0.1, 0.15) is 5.52 Å². The molecule has 1 aromatic heterocycles. The summed E-state index contributed by atoms with van der Waals surface area (Å²) >= 11 is 0. The molecule has 0 spiro atoms. The van der Waals surface area contributed by atoms with Crippen molar-refractivity contribution in [3.63, 3.8) is 0 Å². The average Bonchev–Trinajstić information content (AvgIpc) is 2.54. The van der Waals surface area contributed by atoms with E-state index in [2.05, 4.69) is 10.3 Å². The van der Waals surface area contributed by atoms with Crippen molar-refractivity contribution in [2.24, 2.45) is 5.73 Å². The van der Waals surface area contributed by atoms with E-state index in [1.165, 1.54) is 4.68 Å². The van der Waals surface area contributed by atoms with E-state index >= 15 is 0 Å². The molecular weight excluding hydrogens is 318 g/mol. The lowest BCUT2D eigenvalue weighted by Gasteiger charge is -2.30. The number of likely N-dealkylation sites (tertiary alicyclic amines) is 1. The first-order valence-corrected chi connectivity index (χ1v) is 7.51. The summed E-state index contributed by atoms with van der Waals surface area (Å²) in [5.74, 6) is 0.0111. The zero-order chi connectivity index (χ0) is 15.5. The summed E-state index contributed by atoms with van der Waals surface area (Å²) in [7, 11) is 0. The largest absolute Gasteiger partial charge is 0.341 e. The lowest BCUT2D eigenvalue weighted by molar-refractivity contribution is -0.132. The van der Waals surface area contributed by atoms with Gasteiger partial charge in [0, 0.05) is 25.6 Å². The van der Waals surface area contributed by atoms with Crippen molar-refractivity contribution in [1.82, 2.24) is 19.9 Å². The Balaban J connectivity index is 0.00000192. The van der Waals surface area contributed by atoms with E-state index < -0.39 is 0 Å². The highest BCUT2D eigenvalue weighted by atomic mass is 35.5. The monoisotopic (exact) mass is 337 g/mol. The molecule has 1 saturated heterocycles. The number of benzene rings is 1. The zero-order valence-corrected chi connectivity index (χ0v) is 13.5. The Hall–Kier alpha value is -1.99. The minimum atomic E-state index is -0.214. The van der Waals surface area contributed by atoms with Crippen molar-refractivity contribution in [2.45, 2.75) is 31.8 Å². The highest BCUT2D eigenvalue weighted by molar-refractivity contribution is 5.85. The second kappa shape index (κ2) is 7.52. The van der Waals surface area contributed by atoms with Crippen molar-refractivity contribution < 1.29 is 4.79 Å². The third-order valence-corrected chi connectivity index (χ3v) is 3.98. The first-order chi connectivity index (χ1) is 10.6. The van der Waals surface area contributed by atoms with Crippen molar-refractivity contribution >= 4 is 29.2 Å². The smallest absolute Gasteiger partial charge is 0.277 e. The fourth-order valence-electron chi connectivity index (χ4n) is 2.77. The Morgan fingerprint density at radius 1 is 1.35 bits per heavy atom. The Bertz CT molecular complexity index is 748. The number of halogens is 1. The molecule has 1 aliphatic heterocycles. The molecule has 7 nitrogen and oxygen atoms in total. The van der Waals surface area contributed by atoms with Gasteiger partial charge in [-0.25, -0.2) is 4.68 Å². The Kier molecular flexibility index (Phi) is 5.68. The molecule has 0 aliphatic carbocycles. The van der Waals surface area contributed by atoms with Gasteiger partial charge < -0.3 is 10.6 Å². The molecule has 2 N–H and O–H groups in total. The predicted octanol–water partition coefficient (Wildman–Crippen LogP) is 0.553. The van der Waals surface area contributed by atoms with Crippen LogP contribution in [-0.2, 0) is 11.3 Å². The number of rotatable bonds is 3. The van der Waals surface area contributed by atoms with Crippen LogP contribution in [0, 0.1) is 0 Å². The molecule has 124 valence electrons. The van der Waals surface area contributed by atoms with Crippen LogP contribution in [0.25, 0.3) is 10.9 Å². The van der Waals surface area contributed by atoms with E-state index in [0.717, 1.165) is 19.4 Å². The summed E-state index contributed by atoms with van der Waals surface area (Å²) < 4.78 is 1.25. The number of aryl methyl sites for hydroxylation is 1. The number of hydrogen-bond acceptors (Lipinski definition) is 5. The first-order valence-electron chi connectivity index (χ1n) is 7.51. The lowest BCUT2D eigenvalue weighted by Crippen LogP contribution is -2.46. The van der Waals surface area contributed by atoms with E-state index in [-0.39, 0.29) is 42.9 Å². The fourth-order valence-corrected chi connectivity index (χ4v) is 2.77. The highest BCUT2D eigenvalue weighted by Gasteiger charge is 2.21. The summed E-state index contributed by atoms with van der Waals surface area (Å²) in [5, 5.41) is 8.43. The van der Waals surface area contributed by atoms with E-state index in [0.29, 0.717) is 17.4 Å². The number of nitrogens with two attached hydrogens (primary N) is 1. The Labute approximate surface area is 139 Å². The molecule has 0 radical (unpaired) electrons. The van der Waals surface area contributed by atoms with E-state index in [1.807, 2.05) is 6.07 Å². The minimum absolute atomic E-state index is 0. The number of aromatic nitrogens is 3. The molecule has 1 aliphatic rings. The molecule has 1 unspecified atom stereocenters.